The zero-order chi connectivity index (χ0) is 93.3. The number of benzene rings is 21. The third-order valence-electron chi connectivity index (χ3n) is 28.7. The van der Waals surface area contributed by atoms with E-state index in [1.54, 1.807) is 0 Å². The normalized spacial score (nSPS) is 12.2. The van der Waals surface area contributed by atoms with Crippen molar-refractivity contribution in [3.8, 4) is 129 Å². The third-order valence-corrected chi connectivity index (χ3v) is 29.8. The third kappa shape index (κ3) is 14.1. The van der Waals surface area contributed by atoms with Gasteiger partial charge in [-0.15, -0.1) is 11.3 Å². The van der Waals surface area contributed by atoms with Crippen LogP contribution >= 0.6 is 11.3 Å². The molecule has 8 nitrogen and oxygen atoms in total. The van der Waals surface area contributed by atoms with Gasteiger partial charge in [-0.25, -0.2) is 15.0 Å². The predicted molar refractivity (Wildman–Crippen MR) is 590 cm³/mol. The molecule has 1 aliphatic carbocycles. The van der Waals surface area contributed by atoms with E-state index in [0.717, 1.165) is 88.2 Å². The molecule has 9 heteroatoms. The molecule has 0 atom stereocenters. The van der Waals surface area contributed by atoms with E-state index < -0.39 is 0 Å². The molecule has 7 aromatic heterocycles. The second kappa shape index (κ2) is 33.7. The number of nitrogens with zero attached hydrogens (tertiary/aromatic N) is 6. The van der Waals surface area contributed by atoms with Crippen molar-refractivity contribution in [3.05, 3.63) is 496 Å². The lowest BCUT2D eigenvalue weighted by Gasteiger charge is -2.22. The van der Waals surface area contributed by atoms with E-state index in [-0.39, 0.29) is 5.41 Å². The van der Waals surface area contributed by atoms with Crippen molar-refractivity contribution in [1.82, 2.24) is 28.7 Å². The van der Waals surface area contributed by atoms with E-state index in [0.29, 0.717) is 17.5 Å². The zero-order valence-corrected chi connectivity index (χ0v) is 77.9. The van der Waals surface area contributed by atoms with E-state index in [1.165, 1.54) is 164 Å². The van der Waals surface area contributed by atoms with Crippen LogP contribution in [0, 0.1) is 0 Å². The van der Waals surface area contributed by atoms with Crippen LogP contribution in [0.3, 0.4) is 0 Å². The lowest BCUT2D eigenvalue weighted by Crippen LogP contribution is -2.15. The Morgan fingerprint density at radius 1 is 0.191 bits per heavy atom. The highest BCUT2D eigenvalue weighted by Gasteiger charge is 2.37. The van der Waals surface area contributed by atoms with Crippen molar-refractivity contribution in [3.63, 3.8) is 0 Å². The Labute approximate surface area is 817 Å². The molecule has 0 amide bonds. The quantitative estimate of drug-likeness (QED) is 0.122. The molecule has 0 radical (unpaired) electrons. The van der Waals surface area contributed by atoms with E-state index in [9.17, 15) is 0 Å². The van der Waals surface area contributed by atoms with E-state index in [1.807, 2.05) is 84.1 Å². The maximum Gasteiger partial charge on any atom is 0.167 e. The van der Waals surface area contributed by atoms with Gasteiger partial charge in [-0.3, -0.25) is 0 Å². The van der Waals surface area contributed by atoms with Crippen molar-refractivity contribution in [1.29, 1.82) is 0 Å². The van der Waals surface area contributed by atoms with Crippen LogP contribution in [0.1, 0.15) is 25.0 Å². The molecule has 1 aliphatic rings. The van der Waals surface area contributed by atoms with E-state index in [2.05, 4.69) is 440 Å². The highest BCUT2D eigenvalue weighted by atomic mass is 32.1. The minimum Gasteiger partial charge on any atom is -0.455 e. The molecular formula is C132H86N6O2S. The van der Waals surface area contributed by atoms with Gasteiger partial charge < -0.3 is 22.5 Å². The maximum atomic E-state index is 6.44. The number of furan rings is 2. The molecule has 141 heavy (non-hydrogen) atoms. The summed E-state index contributed by atoms with van der Waals surface area (Å²) < 4.78 is 22.6. The molecular weight excluding hydrogens is 1730 g/mol. The molecule has 0 aliphatic heterocycles. The summed E-state index contributed by atoms with van der Waals surface area (Å²) in [5, 5.41) is 14.5. The summed E-state index contributed by atoms with van der Waals surface area (Å²) in [6, 6.07) is 174. The molecule has 21 aromatic carbocycles. The van der Waals surface area contributed by atoms with Gasteiger partial charge in [-0.1, -0.05) is 354 Å². The van der Waals surface area contributed by atoms with Gasteiger partial charge in [-0.05, 0) is 229 Å². The summed E-state index contributed by atoms with van der Waals surface area (Å²) in [7, 11) is 0. The lowest BCUT2D eigenvalue weighted by atomic mass is 9.80. The molecule has 28 aromatic rings. The fourth-order valence-electron chi connectivity index (χ4n) is 21.8. The van der Waals surface area contributed by atoms with Gasteiger partial charge in [0.15, 0.2) is 17.5 Å². The summed E-state index contributed by atoms with van der Waals surface area (Å²) >= 11 is 1.86. The zero-order valence-electron chi connectivity index (χ0n) is 77.1. The van der Waals surface area contributed by atoms with Gasteiger partial charge in [0.1, 0.15) is 22.3 Å². The number of fused-ring (bicyclic) bond motifs is 21. The van der Waals surface area contributed by atoms with Gasteiger partial charge in [0.25, 0.3) is 0 Å². The number of thiophene rings is 1. The van der Waals surface area contributed by atoms with Crippen molar-refractivity contribution in [2.45, 2.75) is 19.3 Å². The van der Waals surface area contributed by atoms with Crippen molar-refractivity contribution < 1.29 is 8.83 Å². The maximum absolute atomic E-state index is 6.44. The van der Waals surface area contributed by atoms with Crippen LogP contribution < -0.4 is 0 Å². The Hall–Kier alpha value is -18.2. The summed E-state index contributed by atoms with van der Waals surface area (Å²) in [6.07, 6.45) is 0. The van der Waals surface area contributed by atoms with Crippen molar-refractivity contribution >= 4 is 141 Å². The van der Waals surface area contributed by atoms with Crippen LogP contribution in [-0.2, 0) is 5.41 Å². The molecule has 29 rings (SSSR count). The number of rotatable bonds is 12. The first-order valence-electron chi connectivity index (χ1n) is 48.1. The molecule has 0 N–H and O–H groups in total. The smallest absolute Gasteiger partial charge is 0.167 e. The highest BCUT2D eigenvalue weighted by Crippen LogP contribution is 2.53. The Balaban J connectivity index is 0.000000107. The molecule has 662 valence electrons. The van der Waals surface area contributed by atoms with Gasteiger partial charge in [0.05, 0.1) is 38.7 Å². The predicted octanol–water partition coefficient (Wildman–Crippen LogP) is 36.0. The summed E-state index contributed by atoms with van der Waals surface area (Å²) in [5.74, 6) is 1.80. The van der Waals surface area contributed by atoms with Crippen molar-refractivity contribution in [2.24, 2.45) is 0 Å². The first kappa shape index (κ1) is 82.3. The van der Waals surface area contributed by atoms with E-state index in [4.69, 9.17) is 23.8 Å². The SMILES string of the molecule is CC1(C)c2cc(-c3ccc4c(c3)c3ccccc3n4-c3cccc(-c4ccccc4)c3)ccc2-c2ccc(-c3cccc4c3oc3ccccc34)cc21.c1ccc(-c2cccc(-n3c4ccccc4c4cc(-c5ccc(-c6ccc7sc8ccccc8c7c6)cc5)ccc43)c2)cc1.c1ccc(-c2nc(-c3ccc4c(c3)c3ccccc3n4-c3ccccc3)nc(-c3cccc4c3oc3ccccc34)n2)cc1. The molecule has 0 saturated carbocycles. The Bertz CT molecular complexity index is 9850. The number of hydrogen-bond acceptors (Lipinski definition) is 6. The Morgan fingerprint density at radius 3 is 1.05 bits per heavy atom. The molecule has 0 bridgehead atoms. The van der Waals surface area contributed by atoms with Gasteiger partial charge in [-0.2, -0.15) is 0 Å². The van der Waals surface area contributed by atoms with Gasteiger partial charge in [0, 0.05) is 113 Å². The Morgan fingerprint density at radius 2 is 0.511 bits per heavy atom. The average molecular weight is 1820 g/mol. The van der Waals surface area contributed by atoms with Crippen molar-refractivity contribution in [2.75, 3.05) is 0 Å². The van der Waals surface area contributed by atoms with Crippen LogP contribution in [0.2, 0.25) is 0 Å². The lowest BCUT2D eigenvalue weighted by molar-refractivity contribution is 0.660. The van der Waals surface area contributed by atoms with Crippen LogP contribution in [0.15, 0.2) is 494 Å². The molecule has 7 heterocycles. The fraction of sp³-hybridized carbons (Fsp3) is 0.0227. The molecule has 0 unspecified atom stereocenters. The first-order chi connectivity index (χ1) is 69.6. The minimum absolute atomic E-state index is 0.164. The summed E-state index contributed by atoms with van der Waals surface area (Å²) in [6.45, 7) is 4.74. The Kier molecular flexibility index (Phi) is 19.7. The van der Waals surface area contributed by atoms with Crippen LogP contribution in [0.5, 0.6) is 0 Å². The summed E-state index contributed by atoms with van der Waals surface area (Å²) in [5.41, 5.74) is 36.6. The van der Waals surface area contributed by atoms with Crippen LogP contribution in [0.25, 0.3) is 259 Å². The van der Waals surface area contributed by atoms with Gasteiger partial charge in [0.2, 0.25) is 0 Å². The number of para-hydroxylation sites is 8. The second-order valence-electron chi connectivity index (χ2n) is 37.2. The largest absolute Gasteiger partial charge is 0.455 e. The standard InChI is InChI=1S/C51H35NO.C42H27NS.C39H24N4O/c1-51(2)45-30-35(22-25-39(45)40-26-23-36(31-46(40)51)38-18-11-19-43-42-17-7-9-21-49(42)53-50(38)43)34-24-27-48-44(29-34)41-16-6-8-20-47(41)52(48)37-15-10-14-33(28-37)32-12-4-3-5-13-32;1-2-9-28(10-3-1)31-11-8-12-34(25-31)43-39-15-6-4-13-35(39)37-26-32(21-23-40(37)43)29-17-19-30(20-18-29)33-22-24-42-38(27-33)36-14-5-7-16-41(36)44-42;1-3-12-25(13-4-1)37-40-38(42-39(41-37)31-19-11-18-30-29-17-8-10-21-35(29)44-36(30)31)26-22-23-34-32(24-26)28-16-7-9-20-33(28)43(34)27-14-5-2-6-15-27/h3-31H,1-2H3;1-27H;1-24H. The first-order valence-corrected chi connectivity index (χ1v) is 48.9. The van der Waals surface area contributed by atoms with Gasteiger partial charge >= 0.3 is 0 Å². The highest BCUT2D eigenvalue weighted by molar-refractivity contribution is 7.25. The van der Waals surface area contributed by atoms with Crippen LogP contribution in [0.4, 0.5) is 0 Å². The molecule has 0 spiro atoms. The summed E-state index contributed by atoms with van der Waals surface area (Å²) in [4.78, 5) is 15.1. The average Bonchev–Trinajstić information content (AvgIpc) is 1.57. The van der Waals surface area contributed by atoms with Crippen LogP contribution in [-0.4, -0.2) is 28.7 Å². The van der Waals surface area contributed by atoms with E-state index >= 15 is 0 Å². The minimum atomic E-state index is -0.164. The second-order valence-corrected chi connectivity index (χ2v) is 38.3. The number of aromatic nitrogens is 6. The molecule has 0 fully saturated rings. The number of hydrogen-bond donors (Lipinski definition) is 0. The fourth-order valence-corrected chi connectivity index (χ4v) is 22.9. The molecule has 0 saturated heterocycles. The topological polar surface area (TPSA) is 79.7 Å². The monoisotopic (exact) mass is 1820 g/mol.